The predicted molar refractivity (Wildman–Crippen MR) is 464 cm³/mol. The fourth-order valence-electron chi connectivity index (χ4n) is 15.7. The van der Waals surface area contributed by atoms with Crippen molar-refractivity contribution in [1.82, 2.24) is 19.9 Å². The third kappa shape index (κ3) is 21.0. The molecule has 4 N–H and O–H groups in total. The molecule has 0 amide bonds. The minimum Gasteiger partial charge on any atom is -0.478 e. The van der Waals surface area contributed by atoms with E-state index in [0.717, 1.165) is 105 Å². The zero-order valence-corrected chi connectivity index (χ0v) is 72.8. The van der Waals surface area contributed by atoms with Crippen LogP contribution in [0.2, 0.25) is 0 Å². The SMILES string of the molecule is CC(C)(C)c1cc(N(c2ccc(C(=O)O)cn2)C2CCCC2)cc(C(C)(C)C)c1.CC(C)(C)c1cc2c(c(C3(c4ccc(C(=O)O)cn4)CC3)c1)CCC2(C)C.CC(C)CN(c1ccc(C(=O)O)cn1)c1cc(C(C)(C)C)cc2c1CCC2(C)C.CCCCN(c1cc(C(C)(C)C)cc(C(C)(C)C)c1)c1ccc(C(=O)O)cn1. The third-order valence-corrected chi connectivity index (χ3v) is 23.4. The standard InChI is InChI=1S/2C25H34N2O2.C24H34N2O2.C24H29NO2/c1-16(2)15-27(22-9-8-17(14-26-22)23(28)29)21-13-18(24(3,4)5)12-20-19(21)10-11-25(20,6)7;1-24(2,3)18-13-19(25(4,5)6)15-21(14-18)27(20-9-7-8-10-20)22-12-11-17(16-26-22)23(28)29;1-8-9-12-26(21-11-10-17(16-25-21)22(27)28)20-14-18(23(2,3)4)13-19(15-20)24(5,6)7;1-22(2,3)16-12-18-17(8-9-23(18,4)5)19(13-16)24(10-11-24)20-7-6-15(14-25-20)21(26)27/h8-9,12-14,16H,10-11,15H2,1-7H3,(H,28,29);11-16,20H,7-10H2,1-6H3,(H,28,29);10-11,13-16H,8-9,12H2,1-7H3,(H,27,28);6-7,12-14H,8-11H2,1-5H3,(H,26,27). The Morgan fingerprint density at radius 1 is 0.425 bits per heavy atom. The largest absolute Gasteiger partial charge is 0.478 e. The lowest BCUT2D eigenvalue weighted by Crippen LogP contribution is -2.30. The quantitative estimate of drug-likeness (QED) is 0.0629. The number of rotatable bonds is 18. The maximum Gasteiger partial charge on any atom is 0.337 e. The van der Waals surface area contributed by atoms with E-state index in [1.807, 2.05) is 18.2 Å². The normalized spacial score (nSPS) is 15.6. The molecule has 0 aliphatic heterocycles. The number of unbranched alkanes of at least 4 members (excludes halogenated alkanes) is 1. The second-order valence-electron chi connectivity index (χ2n) is 40.1. The molecule has 0 radical (unpaired) electrons. The first-order chi connectivity index (χ1) is 52.3. The number of hydrogen-bond acceptors (Lipinski definition) is 11. The van der Waals surface area contributed by atoms with Gasteiger partial charge in [0, 0.05) is 66.4 Å². The van der Waals surface area contributed by atoms with Crippen LogP contribution in [0.15, 0.2) is 134 Å². The molecule has 4 aromatic heterocycles. The first-order valence-corrected chi connectivity index (χ1v) is 41.1. The molecular formula is C98H131N7O8. The van der Waals surface area contributed by atoms with Gasteiger partial charge < -0.3 is 35.1 Å². The number of benzene rings is 4. The van der Waals surface area contributed by atoms with Crippen LogP contribution in [0.3, 0.4) is 0 Å². The van der Waals surface area contributed by atoms with Gasteiger partial charge in [-0.05, 0) is 247 Å². The van der Waals surface area contributed by atoms with Crippen LogP contribution in [0, 0.1) is 5.92 Å². The molecule has 0 unspecified atom stereocenters. The molecule has 4 aromatic carbocycles. The summed E-state index contributed by atoms with van der Waals surface area (Å²) < 4.78 is 0. The van der Waals surface area contributed by atoms with Gasteiger partial charge in [-0.1, -0.05) is 223 Å². The number of hydrogen-bond donors (Lipinski definition) is 4. The number of carboxylic acids is 4. The molecule has 0 saturated heterocycles. The summed E-state index contributed by atoms with van der Waals surface area (Å²) in [5.74, 6) is -0.906. The van der Waals surface area contributed by atoms with Gasteiger partial charge in [-0.3, -0.25) is 4.98 Å². The van der Waals surface area contributed by atoms with Gasteiger partial charge in [0.2, 0.25) is 0 Å². The number of pyridine rings is 4. The summed E-state index contributed by atoms with van der Waals surface area (Å²) in [4.78, 5) is 69.8. The Labute approximate surface area is 676 Å². The molecule has 12 rings (SSSR count). The highest BCUT2D eigenvalue weighted by molar-refractivity contribution is 5.89. The summed E-state index contributed by atoms with van der Waals surface area (Å²) in [7, 11) is 0. The number of fused-ring (bicyclic) bond motifs is 2. The zero-order valence-electron chi connectivity index (χ0n) is 72.8. The zero-order chi connectivity index (χ0) is 83.7. The monoisotopic (exact) mass is 1530 g/mol. The Hall–Kier alpha value is -9.24. The van der Waals surface area contributed by atoms with E-state index < -0.39 is 23.9 Å². The van der Waals surface area contributed by atoms with Gasteiger partial charge in [-0.2, -0.15) is 0 Å². The molecular weight excluding hydrogens is 1400 g/mol. The molecule has 113 heavy (non-hydrogen) atoms. The van der Waals surface area contributed by atoms with Crippen LogP contribution in [-0.4, -0.2) is 83.4 Å². The summed E-state index contributed by atoms with van der Waals surface area (Å²) >= 11 is 0. The van der Waals surface area contributed by atoms with Crippen molar-refractivity contribution in [2.45, 2.75) is 305 Å². The molecule has 2 saturated carbocycles. The molecule has 4 aliphatic rings. The molecule has 2 fully saturated rings. The fourth-order valence-corrected chi connectivity index (χ4v) is 15.7. The van der Waals surface area contributed by atoms with E-state index >= 15 is 0 Å². The molecule has 15 nitrogen and oxygen atoms in total. The first kappa shape index (κ1) is 87.7. The minimum absolute atomic E-state index is 0.0348. The number of anilines is 6. The van der Waals surface area contributed by atoms with Gasteiger partial charge in [0.25, 0.3) is 0 Å². The van der Waals surface area contributed by atoms with E-state index in [4.69, 9.17) is 0 Å². The molecule has 0 atom stereocenters. The Balaban J connectivity index is 0.000000173. The molecule has 606 valence electrons. The summed E-state index contributed by atoms with van der Waals surface area (Å²) in [5.41, 5.74) is 21.3. The lowest BCUT2D eigenvalue weighted by molar-refractivity contribution is 0.0685. The van der Waals surface area contributed by atoms with E-state index in [2.05, 4.69) is 268 Å². The topological polar surface area (TPSA) is 210 Å². The second-order valence-corrected chi connectivity index (χ2v) is 40.1. The number of carbonyl (C=O) groups is 4. The number of aromatic carboxylic acids is 4. The highest BCUT2D eigenvalue weighted by atomic mass is 16.4. The Kier molecular flexibility index (Phi) is 26.1. The van der Waals surface area contributed by atoms with Crippen molar-refractivity contribution < 1.29 is 39.6 Å². The molecule has 0 spiro atoms. The van der Waals surface area contributed by atoms with Crippen LogP contribution >= 0.6 is 0 Å². The molecule has 4 heterocycles. The van der Waals surface area contributed by atoms with Gasteiger partial charge in [-0.25, -0.2) is 34.1 Å². The van der Waals surface area contributed by atoms with Gasteiger partial charge in [0.1, 0.15) is 17.5 Å². The van der Waals surface area contributed by atoms with Gasteiger partial charge in [0.15, 0.2) is 0 Å². The third-order valence-electron chi connectivity index (χ3n) is 23.4. The van der Waals surface area contributed by atoms with Crippen LogP contribution in [0.4, 0.5) is 34.5 Å². The van der Waals surface area contributed by atoms with Crippen LogP contribution < -0.4 is 14.7 Å². The van der Waals surface area contributed by atoms with Crippen LogP contribution in [0.25, 0.3) is 0 Å². The van der Waals surface area contributed by atoms with E-state index in [0.29, 0.717) is 12.0 Å². The fraction of sp³-hybridized carbons (Fsp3) is 0.510. The van der Waals surface area contributed by atoms with Crippen LogP contribution in [0.5, 0.6) is 0 Å². The number of carboxylic acid groups (broad SMARTS) is 4. The maximum absolute atomic E-state index is 11.3. The Bertz CT molecular complexity index is 4630. The van der Waals surface area contributed by atoms with Crippen molar-refractivity contribution in [3.8, 4) is 0 Å². The average molecular weight is 1540 g/mol. The maximum atomic E-state index is 11.3. The minimum atomic E-state index is -0.955. The lowest BCUT2D eigenvalue weighted by Gasteiger charge is -2.34. The van der Waals surface area contributed by atoms with Gasteiger partial charge >= 0.3 is 23.9 Å². The van der Waals surface area contributed by atoms with E-state index in [9.17, 15) is 39.6 Å². The van der Waals surface area contributed by atoms with Crippen molar-refractivity contribution in [3.63, 3.8) is 0 Å². The number of nitrogens with zero attached hydrogens (tertiary/aromatic N) is 7. The van der Waals surface area contributed by atoms with E-state index in [1.54, 1.807) is 30.3 Å². The molecule has 8 aromatic rings. The lowest BCUT2D eigenvalue weighted by atomic mass is 9.76. The van der Waals surface area contributed by atoms with Gasteiger partial charge in [0.05, 0.1) is 27.9 Å². The summed E-state index contributed by atoms with van der Waals surface area (Å²) in [6.45, 7) is 58.1. The highest BCUT2D eigenvalue weighted by Gasteiger charge is 2.51. The summed E-state index contributed by atoms with van der Waals surface area (Å²) in [6.07, 6.45) is 19.4. The van der Waals surface area contributed by atoms with Crippen LogP contribution in [0.1, 0.15) is 346 Å². The summed E-state index contributed by atoms with van der Waals surface area (Å²) in [6, 6.07) is 37.7. The van der Waals surface area contributed by atoms with Crippen molar-refractivity contribution in [2.24, 2.45) is 5.92 Å². The Morgan fingerprint density at radius 3 is 1.14 bits per heavy atom. The van der Waals surface area contributed by atoms with Crippen molar-refractivity contribution >= 4 is 58.4 Å². The van der Waals surface area contributed by atoms with E-state index in [-0.39, 0.29) is 71.0 Å². The Morgan fingerprint density at radius 2 is 0.779 bits per heavy atom. The van der Waals surface area contributed by atoms with Crippen molar-refractivity contribution in [3.05, 3.63) is 223 Å². The molecule has 15 heteroatoms. The number of aromatic nitrogens is 4. The van der Waals surface area contributed by atoms with Crippen LogP contribution in [-0.2, 0) is 61.6 Å². The predicted octanol–water partition coefficient (Wildman–Crippen LogP) is 24.2. The average Bonchev–Trinajstić information content (AvgIpc) is 1.56. The molecule has 4 aliphatic carbocycles. The second kappa shape index (κ2) is 33.7. The van der Waals surface area contributed by atoms with Crippen molar-refractivity contribution in [1.29, 1.82) is 0 Å². The smallest absolute Gasteiger partial charge is 0.337 e. The van der Waals surface area contributed by atoms with Gasteiger partial charge in [-0.15, -0.1) is 0 Å². The summed E-state index contributed by atoms with van der Waals surface area (Å²) in [5, 5.41) is 36.8. The molecule has 0 bridgehead atoms. The highest BCUT2D eigenvalue weighted by Crippen LogP contribution is 2.57. The van der Waals surface area contributed by atoms with Crippen molar-refractivity contribution in [2.75, 3.05) is 27.8 Å². The van der Waals surface area contributed by atoms with E-state index in [1.165, 1.54) is 111 Å². The first-order valence-electron chi connectivity index (χ1n) is 41.1.